The van der Waals surface area contributed by atoms with E-state index < -0.39 is 17.2 Å². The summed E-state index contributed by atoms with van der Waals surface area (Å²) in [5, 5.41) is 23.1. The number of amides is 1. The second-order valence-corrected chi connectivity index (χ2v) is 7.68. The molecule has 1 aliphatic rings. The lowest BCUT2D eigenvalue weighted by atomic mass is 9.75. The molecule has 1 aliphatic carbocycles. The number of halogens is 3. The van der Waals surface area contributed by atoms with Crippen LogP contribution in [-0.2, 0) is 29.2 Å². The molecular formula is C19H19Cl2FN2O3. The van der Waals surface area contributed by atoms with Crippen LogP contribution in [0.5, 0.6) is 0 Å². The highest BCUT2D eigenvalue weighted by Crippen LogP contribution is 2.45. The van der Waals surface area contributed by atoms with Crippen molar-refractivity contribution in [3.8, 4) is 0 Å². The van der Waals surface area contributed by atoms with Gasteiger partial charge >= 0.3 is 0 Å². The van der Waals surface area contributed by atoms with Gasteiger partial charge in [-0.05, 0) is 49.1 Å². The van der Waals surface area contributed by atoms with Gasteiger partial charge in [-0.25, -0.2) is 4.39 Å². The third-order valence-corrected chi connectivity index (χ3v) is 5.47. The van der Waals surface area contributed by atoms with Crippen LogP contribution in [0.2, 0.25) is 10.0 Å². The number of nitrogens with zero attached hydrogens (tertiary/aromatic N) is 1. The number of aliphatic hydroxyl groups is 2. The van der Waals surface area contributed by atoms with E-state index in [2.05, 4.69) is 10.3 Å². The largest absolute Gasteiger partial charge is 0.392 e. The van der Waals surface area contributed by atoms with Crippen molar-refractivity contribution in [3.63, 3.8) is 0 Å². The highest BCUT2D eigenvalue weighted by atomic mass is 35.5. The van der Waals surface area contributed by atoms with Crippen LogP contribution in [0.3, 0.4) is 0 Å². The van der Waals surface area contributed by atoms with E-state index >= 15 is 4.39 Å². The lowest BCUT2D eigenvalue weighted by Gasteiger charge is -2.37. The summed E-state index contributed by atoms with van der Waals surface area (Å²) in [6, 6.07) is 6.02. The third kappa shape index (κ3) is 3.67. The van der Waals surface area contributed by atoms with E-state index in [0.29, 0.717) is 16.1 Å². The van der Waals surface area contributed by atoms with Crippen LogP contribution in [0.4, 0.5) is 4.39 Å². The van der Waals surface area contributed by atoms with Crippen molar-refractivity contribution in [1.82, 2.24) is 10.3 Å². The van der Waals surface area contributed by atoms with E-state index in [4.69, 9.17) is 23.2 Å². The quantitative estimate of drug-likeness (QED) is 0.718. The first-order chi connectivity index (χ1) is 12.7. The molecule has 2 atom stereocenters. The van der Waals surface area contributed by atoms with Crippen LogP contribution in [0, 0.1) is 0 Å². The van der Waals surface area contributed by atoms with Gasteiger partial charge in [0.2, 0.25) is 5.67 Å². The summed E-state index contributed by atoms with van der Waals surface area (Å²) in [6.45, 7) is 1.17. The molecule has 1 aromatic carbocycles. The molecule has 3 N–H and O–H groups in total. The number of aliphatic hydroxyl groups excluding tert-OH is 1. The molecule has 0 radical (unpaired) electrons. The van der Waals surface area contributed by atoms with Crippen molar-refractivity contribution in [2.75, 3.05) is 0 Å². The Bertz CT molecular complexity index is 891. The number of hydrogen-bond donors (Lipinski definition) is 3. The van der Waals surface area contributed by atoms with Gasteiger partial charge in [0, 0.05) is 28.4 Å². The zero-order valence-electron chi connectivity index (χ0n) is 14.6. The number of fused-ring (bicyclic) bond motifs is 1. The molecule has 8 heteroatoms. The van der Waals surface area contributed by atoms with Gasteiger partial charge < -0.3 is 15.5 Å². The topological polar surface area (TPSA) is 82.5 Å². The minimum absolute atomic E-state index is 0.0586. The smallest absolute Gasteiger partial charge is 0.262 e. The molecule has 1 heterocycles. The molecule has 1 amide bonds. The molecule has 0 bridgehead atoms. The SMILES string of the molecule is CC1(O)CCC(F)(C(=O)NCc2c(Cl)cc(Cl)cc2CO)c2cccnc21. The van der Waals surface area contributed by atoms with Crippen LogP contribution in [0.15, 0.2) is 30.5 Å². The lowest BCUT2D eigenvalue weighted by Crippen LogP contribution is -2.47. The summed E-state index contributed by atoms with van der Waals surface area (Å²) in [5.41, 5.74) is -2.47. The fraction of sp³-hybridized carbons (Fsp3) is 0.368. The van der Waals surface area contributed by atoms with Gasteiger partial charge in [-0.3, -0.25) is 9.78 Å². The van der Waals surface area contributed by atoms with Crippen LogP contribution in [0.1, 0.15) is 42.1 Å². The monoisotopic (exact) mass is 412 g/mol. The predicted molar refractivity (Wildman–Crippen MR) is 100 cm³/mol. The Morgan fingerprint density at radius 3 is 2.81 bits per heavy atom. The van der Waals surface area contributed by atoms with Gasteiger partial charge in [0.05, 0.1) is 12.3 Å². The zero-order valence-corrected chi connectivity index (χ0v) is 16.1. The van der Waals surface area contributed by atoms with Crippen molar-refractivity contribution < 1.29 is 19.4 Å². The molecule has 27 heavy (non-hydrogen) atoms. The van der Waals surface area contributed by atoms with Gasteiger partial charge in [-0.2, -0.15) is 0 Å². The van der Waals surface area contributed by atoms with Crippen LogP contribution < -0.4 is 5.32 Å². The second-order valence-electron chi connectivity index (χ2n) is 6.84. The number of pyridine rings is 1. The van der Waals surface area contributed by atoms with Gasteiger partial charge in [0.25, 0.3) is 5.91 Å². The van der Waals surface area contributed by atoms with E-state index in [9.17, 15) is 15.0 Å². The van der Waals surface area contributed by atoms with E-state index in [1.807, 2.05) is 0 Å². The molecular weight excluding hydrogens is 394 g/mol. The molecule has 0 saturated heterocycles. The molecule has 1 aromatic heterocycles. The number of carbonyl (C=O) groups excluding carboxylic acids is 1. The summed E-state index contributed by atoms with van der Waals surface area (Å²) < 4.78 is 15.7. The van der Waals surface area contributed by atoms with Crippen molar-refractivity contribution in [2.45, 2.75) is 44.2 Å². The number of hydrogen-bond acceptors (Lipinski definition) is 4. The molecule has 5 nitrogen and oxygen atoms in total. The second kappa shape index (κ2) is 7.36. The maximum Gasteiger partial charge on any atom is 0.262 e. The Morgan fingerprint density at radius 1 is 1.37 bits per heavy atom. The Balaban J connectivity index is 1.87. The molecule has 3 rings (SSSR count). The normalized spacial score (nSPS) is 24.4. The molecule has 144 valence electrons. The van der Waals surface area contributed by atoms with Crippen molar-refractivity contribution >= 4 is 29.1 Å². The molecule has 0 spiro atoms. The number of nitrogens with one attached hydrogen (secondary N) is 1. The summed E-state index contributed by atoms with van der Waals surface area (Å²) in [4.78, 5) is 16.8. The molecule has 0 aliphatic heterocycles. The molecule has 0 saturated carbocycles. The zero-order chi connectivity index (χ0) is 19.8. The highest BCUT2D eigenvalue weighted by Gasteiger charge is 2.50. The number of carbonyl (C=O) groups is 1. The van der Waals surface area contributed by atoms with E-state index in [0.717, 1.165) is 0 Å². The first-order valence-corrected chi connectivity index (χ1v) is 9.18. The maximum atomic E-state index is 15.7. The van der Waals surface area contributed by atoms with Crippen LogP contribution in [0.25, 0.3) is 0 Å². The minimum atomic E-state index is -2.32. The number of benzene rings is 1. The minimum Gasteiger partial charge on any atom is -0.392 e. The Labute approximate surface area is 166 Å². The summed E-state index contributed by atoms with van der Waals surface area (Å²) >= 11 is 12.1. The maximum absolute atomic E-state index is 15.7. The van der Waals surface area contributed by atoms with Gasteiger partial charge in [-0.1, -0.05) is 29.3 Å². The standard InChI is InChI=1S/C19H19Cl2FN2O3/c1-18(27)4-5-19(22,14-3-2-6-23-16(14)18)17(26)24-9-13-11(10-25)7-12(20)8-15(13)21/h2-3,6-8,25,27H,4-5,9-10H2,1H3,(H,24,26). The van der Waals surface area contributed by atoms with Gasteiger partial charge in [0.15, 0.2) is 0 Å². The fourth-order valence-electron chi connectivity index (χ4n) is 3.36. The van der Waals surface area contributed by atoms with E-state index in [1.54, 1.807) is 6.92 Å². The van der Waals surface area contributed by atoms with Gasteiger partial charge in [-0.15, -0.1) is 0 Å². The average Bonchev–Trinajstić information content (AvgIpc) is 2.63. The number of alkyl halides is 1. The van der Waals surface area contributed by atoms with Crippen LogP contribution >= 0.6 is 23.2 Å². The van der Waals surface area contributed by atoms with Crippen molar-refractivity contribution in [2.24, 2.45) is 0 Å². The highest BCUT2D eigenvalue weighted by molar-refractivity contribution is 6.35. The number of aromatic nitrogens is 1. The summed E-state index contributed by atoms with van der Waals surface area (Å²) in [7, 11) is 0. The van der Waals surface area contributed by atoms with E-state index in [1.165, 1.54) is 30.5 Å². The first kappa shape index (κ1) is 20.0. The lowest BCUT2D eigenvalue weighted by molar-refractivity contribution is -0.136. The predicted octanol–water partition coefficient (Wildman–Crippen LogP) is 3.36. The molecule has 2 aromatic rings. The third-order valence-electron chi connectivity index (χ3n) is 4.91. The summed E-state index contributed by atoms with van der Waals surface area (Å²) in [5.74, 6) is -0.845. The Hall–Kier alpha value is -1.73. The molecule has 2 unspecified atom stereocenters. The van der Waals surface area contributed by atoms with Crippen molar-refractivity contribution in [1.29, 1.82) is 0 Å². The summed E-state index contributed by atoms with van der Waals surface area (Å²) in [6.07, 6.45) is 1.34. The Morgan fingerprint density at radius 2 is 2.11 bits per heavy atom. The Kier molecular flexibility index (Phi) is 5.45. The average molecular weight is 413 g/mol. The number of rotatable bonds is 4. The van der Waals surface area contributed by atoms with Gasteiger partial charge in [0.1, 0.15) is 5.60 Å². The van der Waals surface area contributed by atoms with Crippen LogP contribution in [-0.4, -0.2) is 21.1 Å². The van der Waals surface area contributed by atoms with Crippen molar-refractivity contribution in [3.05, 3.63) is 62.9 Å². The molecule has 0 fully saturated rings. The fourth-order valence-corrected chi connectivity index (χ4v) is 3.97. The first-order valence-electron chi connectivity index (χ1n) is 8.42. The van der Waals surface area contributed by atoms with E-state index in [-0.39, 0.29) is 42.3 Å².